The molecule has 1 aliphatic heterocycles. The number of amides is 1. The van der Waals surface area contributed by atoms with Gasteiger partial charge in [0.2, 0.25) is 5.82 Å². The lowest BCUT2D eigenvalue weighted by Gasteiger charge is -2.40. The molecule has 0 radical (unpaired) electrons. The number of aliphatic carboxylic acids is 1. The number of anilines is 1. The van der Waals surface area contributed by atoms with Crippen molar-refractivity contribution in [2.45, 2.75) is 39.3 Å². The summed E-state index contributed by atoms with van der Waals surface area (Å²) in [6, 6.07) is -1.21. The Hall–Kier alpha value is -2.62. The molecule has 1 aliphatic rings. The Morgan fingerprint density at radius 3 is 2.56 bits per heavy atom. The van der Waals surface area contributed by atoms with E-state index in [0.29, 0.717) is 0 Å². The van der Waals surface area contributed by atoms with Crippen molar-refractivity contribution in [3.05, 3.63) is 26.9 Å². The van der Waals surface area contributed by atoms with Gasteiger partial charge in [-0.3, -0.25) is 10.1 Å². The number of hydrogen-bond donors (Lipinski definition) is 1. The standard InChI is InChI=1S/C16H21ClN4O6/c1-9-10(17)7-18-13(12(9)21(25)26)20-6-5-19(8-11(20)14(22)23)15(24)27-16(2,3)4/h7,11H,5-6,8H2,1-4H3,(H,22,23). The summed E-state index contributed by atoms with van der Waals surface area (Å²) in [5, 5.41) is 21.2. The number of halogens is 1. The van der Waals surface area contributed by atoms with Gasteiger partial charge in [0.15, 0.2) is 0 Å². The molecule has 11 heteroatoms. The van der Waals surface area contributed by atoms with Gasteiger partial charge in [0.25, 0.3) is 0 Å². The first-order valence-corrected chi connectivity index (χ1v) is 8.57. The molecule has 1 saturated heterocycles. The molecule has 27 heavy (non-hydrogen) atoms. The third-order valence-corrected chi connectivity index (χ3v) is 4.38. The number of ether oxygens (including phenoxy) is 1. The maximum Gasteiger partial charge on any atom is 0.410 e. The van der Waals surface area contributed by atoms with Crippen LogP contribution in [0.3, 0.4) is 0 Å². The second-order valence-corrected chi connectivity index (χ2v) is 7.54. The third kappa shape index (κ3) is 4.57. The fourth-order valence-corrected chi connectivity index (χ4v) is 2.86. The van der Waals surface area contributed by atoms with Crippen LogP contribution in [-0.2, 0) is 9.53 Å². The van der Waals surface area contributed by atoms with Crippen LogP contribution in [-0.4, -0.2) is 63.3 Å². The minimum atomic E-state index is -1.23. The minimum absolute atomic E-state index is 0.0467. The van der Waals surface area contributed by atoms with Crippen LogP contribution in [0.5, 0.6) is 0 Å². The SMILES string of the molecule is Cc1c(Cl)cnc(N2CCN(C(=O)OC(C)(C)C)CC2C(=O)O)c1[N+](=O)[O-]. The quantitative estimate of drug-likeness (QED) is 0.605. The summed E-state index contributed by atoms with van der Waals surface area (Å²) in [5.74, 6) is -1.31. The van der Waals surface area contributed by atoms with E-state index in [9.17, 15) is 24.8 Å². The average molecular weight is 401 g/mol. The zero-order valence-corrected chi connectivity index (χ0v) is 16.2. The first-order chi connectivity index (χ1) is 12.4. The van der Waals surface area contributed by atoms with Gasteiger partial charge in [-0.2, -0.15) is 0 Å². The maximum atomic E-state index is 12.2. The van der Waals surface area contributed by atoms with Gasteiger partial charge in [-0.05, 0) is 27.7 Å². The summed E-state index contributed by atoms with van der Waals surface area (Å²) >= 11 is 5.92. The molecule has 0 saturated carbocycles. The second-order valence-electron chi connectivity index (χ2n) is 7.13. The number of nitro groups is 1. The predicted octanol–water partition coefficient (Wildman–Crippen LogP) is 2.46. The van der Waals surface area contributed by atoms with Gasteiger partial charge in [0.05, 0.1) is 22.1 Å². The summed E-state index contributed by atoms with van der Waals surface area (Å²) in [7, 11) is 0. The molecule has 1 N–H and O–H groups in total. The highest BCUT2D eigenvalue weighted by molar-refractivity contribution is 6.31. The van der Waals surface area contributed by atoms with Gasteiger partial charge in [-0.25, -0.2) is 14.6 Å². The lowest BCUT2D eigenvalue weighted by molar-refractivity contribution is -0.384. The van der Waals surface area contributed by atoms with Crippen molar-refractivity contribution in [3.8, 4) is 0 Å². The molecule has 1 unspecified atom stereocenters. The molecule has 148 valence electrons. The molecule has 1 aromatic rings. The Morgan fingerprint density at radius 1 is 1.41 bits per heavy atom. The molecule has 0 spiro atoms. The Morgan fingerprint density at radius 2 is 2.04 bits per heavy atom. The van der Waals surface area contributed by atoms with E-state index >= 15 is 0 Å². The monoisotopic (exact) mass is 400 g/mol. The maximum absolute atomic E-state index is 12.2. The summed E-state index contributed by atoms with van der Waals surface area (Å²) in [4.78, 5) is 41.5. The van der Waals surface area contributed by atoms with Crippen molar-refractivity contribution >= 4 is 35.2 Å². The van der Waals surface area contributed by atoms with Crippen LogP contribution in [0.15, 0.2) is 6.20 Å². The van der Waals surface area contributed by atoms with Crippen LogP contribution in [0, 0.1) is 17.0 Å². The minimum Gasteiger partial charge on any atom is -0.480 e. The van der Waals surface area contributed by atoms with Crippen LogP contribution in [0.4, 0.5) is 16.3 Å². The van der Waals surface area contributed by atoms with Crippen LogP contribution in [0.1, 0.15) is 26.3 Å². The Kier molecular flexibility index (Phi) is 5.79. The molecule has 1 atom stereocenters. The van der Waals surface area contributed by atoms with Crippen LogP contribution >= 0.6 is 11.6 Å². The number of piperazine rings is 1. The fraction of sp³-hybridized carbons (Fsp3) is 0.562. The summed E-state index contributed by atoms with van der Waals surface area (Å²) in [6.45, 7) is 6.59. The number of carbonyl (C=O) groups excluding carboxylic acids is 1. The molecule has 1 amide bonds. The van der Waals surface area contributed by atoms with Crippen LogP contribution < -0.4 is 4.90 Å². The number of carboxylic acids is 1. The highest BCUT2D eigenvalue weighted by Crippen LogP contribution is 2.35. The van der Waals surface area contributed by atoms with Crippen molar-refractivity contribution in [3.63, 3.8) is 0 Å². The van der Waals surface area contributed by atoms with E-state index < -0.39 is 28.6 Å². The fourth-order valence-electron chi connectivity index (χ4n) is 2.73. The molecule has 0 aromatic carbocycles. The highest BCUT2D eigenvalue weighted by Gasteiger charge is 2.39. The van der Waals surface area contributed by atoms with E-state index in [1.54, 1.807) is 20.8 Å². The first kappa shape index (κ1) is 20.7. The van der Waals surface area contributed by atoms with Crippen LogP contribution in [0.25, 0.3) is 0 Å². The number of pyridine rings is 1. The molecule has 0 aliphatic carbocycles. The normalized spacial score (nSPS) is 17.6. The first-order valence-electron chi connectivity index (χ1n) is 8.19. The smallest absolute Gasteiger partial charge is 0.410 e. The molecule has 10 nitrogen and oxygen atoms in total. The number of carbonyl (C=O) groups is 2. The summed E-state index contributed by atoms with van der Waals surface area (Å²) in [5.41, 5.74) is -0.870. The van der Waals surface area contributed by atoms with Crippen LogP contribution in [0.2, 0.25) is 5.02 Å². The number of nitrogens with zero attached hydrogens (tertiary/aromatic N) is 4. The number of rotatable bonds is 3. The molecule has 0 bridgehead atoms. The lowest BCUT2D eigenvalue weighted by Crippen LogP contribution is -2.58. The van der Waals surface area contributed by atoms with Gasteiger partial charge < -0.3 is 19.6 Å². The second kappa shape index (κ2) is 7.55. The van der Waals surface area contributed by atoms with E-state index in [1.165, 1.54) is 22.9 Å². The summed E-state index contributed by atoms with van der Waals surface area (Å²) in [6.07, 6.45) is 0.612. The predicted molar refractivity (Wildman–Crippen MR) is 97.2 cm³/mol. The largest absolute Gasteiger partial charge is 0.480 e. The number of hydrogen-bond acceptors (Lipinski definition) is 7. The Balaban J connectivity index is 2.35. The van der Waals surface area contributed by atoms with Crippen molar-refractivity contribution in [2.24, 2.45) is 0 Å². The van der Waals surface area contributed by atoms with E-state index in [2.05, 4.69) is 4.98 Å². The Bertz CT molecular complexity index is 779. The van der Waals surface area contributed by atoms with E-state index in [-0.39, 0.29) is 41.7 Å². The van der Waals surface area contributed by atoms with Crippen molar-refractivity contribution in [1.82, 2.24) is 9.88 Å². The zero-order chi connectivity index (χ0) is 20.5. The average Bonchev–Trinajstić information content (AvgIpc) is 2.54. The Labute approximate surface area is 160 Å². The van der Waals surface area contributed by atoms with E-state index in [0.717, 1.165) is 0 Å². The van der Waals surface area contributed by atoms with Gasteiger partial charge >= 0.3 is 17.7 Å². The van der Waals surface area contributed by atoms with Crippen molar-refractivity contribution in [1.29, 1.82) is 0 Å². The van der Waals surface area contributed by atoms with E-state index in [4.69, 9.17) is 16.3 Å². The molecular weight excluding hydrogens is 380 g/mol. The highest BCUT2D eigenvalue weighted by atomic mass is 35.5. The molecule has 2 heterocycles. The van der Waals surface area contributed by atoms with Gasteiger partial charge in [0, 0.05) is 19.3 Å². The third-order valence-electron chi connectivity index (χ3n) is 4.00. The van der Waals surface area contributed by atoms with Crippen molar-refractivity contribution in [2.75, 3.05) is 24.5 Å². The van der Waals surface area contributed by atoms with Gasteiger partial charge in [-0.1, -0.05) is 11.6 Å². The zero-order valence-electron chi connectivity index (χ0n) is 15.4. The molecule has 2 rings (SSSR count). The number of aromatic nitrogens is 1. The van der Waals surface area contributed by atoms with Gasteiger partial charge in [0.1, 0.15) is 11.6 Å². The van der Waals surface area contributed by atoms with E-state index in [1.807, 2.05) is 0 Å². The number of carboxylic acid groups (broad SMARTS) is 1. The lowest BCUT2D eigenvalue weighted by atomic mass is 10.1. The topological polar surface area (TPSA) is 126 Å². The molecule has 1 aromatic heterocycles. The molecule has 1 fully saturated rings. The summed E-state index contributed by atoms with van der Waals surface area (Å²) < 4.78 is 5.28. The molecular formula is C16H21ClN4O6. The van der Waals surface area contributed by atoms with Crippen molar-refractivity contribution < 1.29 is 24.4 Å². The van der Waals surface area contributed by atoms with Gasteiger partial charge in [-0.15, -0.1) is 0 Å².